The number of aryl methyl sites for hydroxylation is 1. The Labute approximate surface area is 130 Å². The van der Waals surface area contributed by atoms with E-state index in [1.807, 2.05) is 19.1 Å². The molecule has 0 heterocycles. The van der Waals surface area contributed by atoms with Crippen LogP contribution >= 0.6 is 27.5 Å². The molecule has 0 spiro atoms. The number of hydrogen-bond donors (Lipinski definition) is 1. The van der Waals surface area contributed by atoms with Gasteiger partial charge >= 0.3 is 0 Å². The second-order valence-electron chi connectivity index (χ2n) is 5.94. The fraction of sp³-hybridized carbons (Fsp3) is 0.600. The molecule has 0 bridgehead atoms. The van der Waals surface area contributed by atoms with E-state index in [4.69, 9.17) is 16.3 Å². The number of benzene rings is 1. The summed E-state index contributed by atoms with van der Waals surface area (Å²) in [6.45, 7) is 11.2. The Morgan fingerprint density at radius 1 is 1.26 bits per heavy atom. The van der Waals surface area contributed by atoms with Crippen molar-refractivity contribution in [2.24, 2.45) is 5.41 Å². The van der Waals surface area contributed by atoms with E-state index in [-0.39, 0.29) is 0 Å². The predicted molar refractivity (Wildman–Crippen MR) is 86.3 cm³/mol. The first-order chi connectivity index (χ1) is 8.79. The molecule has 1 rings (SSSR count). The Kier molecular flexibility index (Phi) is 6.64. The van der Waals surface area contributed by atoms with Crippen molar-refractivity contribution in [3.8, 4) is 5.75 Å². The summed E-state index contributed by atoms with van der Waals surface area (Å²) < 4.78 is 6.72. The van der Waals surface area contributed by atoms with Crippen molar-refractivity contribution in [2.75, 3.05) is 19.7 Å². The highest BCUT2D eigenvalue weighted by Crippen LogP contribution is 2.31. The summed E-state index contributed by atoms with van der Waals surface area (Å²) in [5.74, 6) is 0.780. The minimum Gasteiger partial charge on any atom is -0.490 e. The molecule has 2 nitrogen and oxygen atoms in total. The molecule has 0 saturated heterocycles. The van der Waals surface area contributed by atoms with Crippen molar-refractivity contribution < 1.29 is 4.74 Å². The van der Waals surface area contributed by atoms with E-state index in [0.29, 0.717) is 17.0 Å². The fourth-order valence-electron chi connectivity index (χ4n) is 1.69. The highest BCUT2D eigenvalue weighted by molar-refractivity contribution is 9.10. The van der Waals surface area contributed by atoms with Crippen molar-refractivity contribution in [3.05, 3.63) is 27.2 Å². The molecule has 1 aromatic carbocycles. The Hall–Kier alpha value is -0.250. The third kappa shape index (κ3) is 6.64. The Morgan fingerprint density at radius 3 is 2.53 bits per heavy atom. The van der Waals surface area contributed by atoms with E-state index in [0.717, 1.165) is 35.3 Å². The fourth-order valence-corrected chi connectivity index (χ4v) is 2.71. The van der Waals surface area contributed by atoms with Gasteiger partial charge in [0.1, 0.15) is 12.4 Å². The number of rotatable bonds is 6. The van der Waals surface area contributed by atoms with Gasteiger partial charge in [0, 0.05) is 11.0 Å². The topological polar surface area (TPSA) is 21.3 Å². The zero-order chi connectivity index (χ0) is 14.5. The summed E-state index contributed by atoms with van der Waals surface area (Å²) in [6, 6.07) is 3.87. The van der Waals surface area contributed by atoms with Gasteiger partial charge in [-0.05, 0) is 43.0 Å². The molecular formula is C15H23BrClNO. The summed E-state index contributed by atoms with van der Waals surface area (Å²) in [7, 11) is 0. The summed E-state index contributed by atoms with van der Waals surface area (Å²) in [5, 5.41) is 4.04. The maximum Gasteiger partial charge on any atom is 0.140 e. The number of ether oxygens (including phenoxy) is 1. The highest BCUT2D eigenvalue weighted by atomic mass is 79.9. The molecule has 0 atom stereocenters. The first-order valence-corrected chi connectivity index (χ1v) is 7.76. The average molecular weight is 349 g/mol. The smallest absolute Gasteiger partial charge is 0.140 e. The largest absolute Gasteiger partial charge is 0.490 e. The van der Waals surface area contributed by atoms with Crippen molar-refractivity contribution in [1.29, 1.82) is 0 Å². The van der Waals surface area contributed by atoms with E-state index >= 15 is 0 Å². The Balaban J connectivity index is 2.30. The summed E-state index contributed by atoms with van der Waals surface area (Å²) in [5.41, 5.74) is 1.42. The van der Waals surface area contributed by atoms with Gasteiger partial charge in [0.25, 0.3) is 0 Å². The van der Waals surface area contributed by atoms with Crippen LogP contribution in [-0.4, -0.2) is 19.7 Å². The molecule has 0 aliphatic rings. The zero-order valence-corrected chi connectivity index (χ0v) is 14.5. The first-order valence-electron chi connectivity index (χ1n) is 6.59. The van der Waals surface area contributed by atoms with Gasteiger partial charge in [-0.1, -0.05) is 48.3 Å². The van der Waals surface area contributed by atoms with Crippen LogP contribution < -0.4 is 10.1 Å². The van der Waals surface area contributed by atoms with Crippen molar-refractivity contribution in [3.63, 3.8) is 0 Å². The zero-order valence-electron chi connectivity index (χ0n) is 12.1. The van der Waals surface area contributed by atoms with Crippen LogP contribution in [0.5, 0.6) is 5.75 Å². The molecule has 0 radical (unpaired) electrons. The van der Waals surface area contributed by atoms with Gasteiger partial charge in [-0.3, -0.25) is 0 Å². The van der Waals surface area contributed by atoms with Gasteiger partial charge in [0.15, 0.2) is 0 Å². The summed E-state index contributed by atoms with van der Waals surface area (Å²) in [4.78, 5) is 0. The molecule has 0 saturated carbocycles. The second-order valence-corrected chi connectivity index (χ2v) is 7.27. The van der Waals surface area contributed by atoms with Crippen molar-refractivity contribution in [1.82, 2.24) is 5.32 Å². The molecule has 0 aliphatic heterocycles. The standard InChI is InChI=1S/C15H23BrClNO/c1-11-9-12(16)10-13(17)14(11)19-8-7-18-6-5-15(2,3)4/h9-10,18H,5-8H2,1-4H3. The molecule has 108 valence electrons. The number of hydrogen-bond acceptors (Lipinski definition) is 2. The second kappa shape index (κ2) is 7.51. The first kappa shape index (κ1) is 16.8. The lowest BCUT2D eigenvalue weighted by molar-refractivity contribution is 0.302. The van der Waals surface area contributed by atoms with Crippen LogP contribution in [0, 0.1) is 12.3 Å². The van der Waals surface area contributed by atoms with Gasteiger partial charge < -0.3 is 10.1 Å². The van der Waals surface area contributed by atoms with Crippen LogP contribution in [-0.2, 0) is 0 Å². The average Bonchev–Trinajstić information content (AvgIpc) is 2.24. The molecular weight excluding hydrogens is 326 g/mol. The molecule has 19 heavy (non-hydrogen) atoms. The Morgan fingerprint density at radius 2 is 1.95 bits per heavy atom. The Bertz CT molecular complexity index is 392. The van der Waals surface area contributed by atoms with Crippen LogP contribution in [0.4, 0.5) is 0 Å². The van der Waals surface area contributed by atoms with E-state index in [1.54, 1.807) is 0 Å². The lowest BCUT2D eigenvalue weighted by atomic mass is 9.92. The van der Waals surface area contributed by atoms with Gasteiger partial charge in [-0.2, -0.15) is 0 Å². The van der Waals surface area contributed by atoms with Gasteiger partial charge in [0.2, 0.25) is 0 Å². The van der Waals surface area contributed by atoms with E-state index in [1.165, 1.54) is 0 Å². The minimum absolute atomic E-state index is 0.374. The van der Waals surface area contributed by atoms with E-state index in [9.17, 15) is 0 Å². The molecule has 0 amide bonds. The quantitative estimate of drug-likeness (QED) is 0.744. The monoisotopic (exact) mass is 347 g/mol. The van der Waals surface area contributed by atoms with Crippen LogP contribution in [0.1, 0.15) is 32.8 Å². The normalized spacial score (nSPS) is 11.7. The maximum atomic E-state index is 6.16. The third-order valence-corrected chi connectivity index (χ3v) is 3.51. The van der Waals surface area contributed by atoms with Crippen molar-refractivity contribution in [2.45, 2.75) is 34.1 Å². The molecule has 0 aromatic heterocycles. The maximum absolute atomic E-state index is 6.16. The van der Waals surface area contributed by atoms with Crippen LogP contribution in [0.3, 0.4) is 0 Å². The van der Waals surface area contributed by atoms with E-state index in [2.05, 4.69) is 42.0 Å². The summed E-state index contributed by atoms with van der Waals surface area (Å²) >= 11 is 9.57. The van der Waals surface area contributed by atoms with Crippen molar-refractivity contribution >= 4 is 27.5 Å². The SMILES string of the molecule is Cc1cc(Br)cc(Cl)c1OCCNCCC(C)(C)C. The lowest BCUT2D eigenvalue weighted by Gasteiger charge is -2.18. The molecule has 4 heteroatoms. The van der Waals surface area contributed by atoms with Gasteiger partial charge in [-0.25, -0.2) is 0 Å². The highest BCUT2D eigenvalue weighted by Gasteiger charge is 2.09. The predicted octanol–water partition coefficient (Wildman–Crippen LogP) is 4.82. The van der Waals surface area contributed by atoms with E-state index < -0.39 is 0 Å². The lowest BCUT2D eigenvalue weighted by Crippen LogP contribution is -2.25. The summed E-state index contributed by atoms with van der Waals surface area (Å²) in [6.07, 6.45) is 1.16. The minimum atomic E-state index is 0.374. The molecule has 0 fully saturated rings. The third-order valence-electron chi connectivity index (χ3n) is 2.77. The molecule has 1 N–H and O–H groups in total. The van der Waals surface area contributed by atoms with Gasteiger partial charge in [0.05, 0.1) is 5.02 Å². The van der Waals surface area contributed by atoms with Gasteiger partial charge in [-0.15, -0.1) is 0 Å². The number of halogens is 2. The molecule has 1 aromatic rings. The molecule has 0 aliphatic carbocycles. The van der Waals surface area contributed by atoms with Crippen LogP contribution in [0.25, 0.3) is 0 Å². The molecule has 0 unspecified atom stereocenters. The van der Waals surface area contributed by atoms with Crippen LogP contribution in [0.15, 0.2) is 16.6 Å². The van der Waals surface area contributed by atoms with Crippen LogP contribution in [0.2, 0.25) is 5.02 Å². The number of nitrogens with one attached hydrogen (secondary N) is 1.